The molecular weight excluding hydrogens is 120 g/mol. The zero-order chi connectivity index (χ0) is 7.49. The molecule has 0 aliphatic heterocycles. The number of ketones is 1. The molecule has 4 N–H and O–H groups in total. The molecule has 1 atom stereocenters. The normalized spacial score (nSPS) is 16.9. The van der Waals surface area contributed by atoms with Crippen molar-refractivity contribution < 1.29 is 9.90 Å². The van der Waals surface area contributed by atoms with Gasteiger partial charge in [-0.05, 0) is 13.3 Å². The highest BCUT2D eigenvalue weighted by atomic mass is 16.3. The van der Waals surface area contributed by atoms with Crippen molar-refractivity contribution in [1.82, 2.24) is 5.43 Å². The maximum atomic E-state index is 10.5. The van der Waals surface area contributed by atoms with Gasteiger partial charge in [0.1, 0.15) is 0 Å². The van der Waals surface area contributed by atoms with Gasteiger partial charge in [-0.25, -0.2) is 5.43 Å². The van der Waals surface area contributed by atoms with Crippen molar-refractivity contribution in [1.29, 1.82) is 0 Å². The number of hydrogen-bond acceptors (Lipinski definition) is 4. The zero-order valence-corrected chi connectivity index (χ0v) is 5.64. The molecule has 1 unspecified atom stereocenters. The van der Waals surface area contributed by atoms with Crippen molar-refractivity contribution in [2.75, 3.05) is 0 Å². The summed E-state index contributed by atoms with van der Waals surface area (Å²) in [4.78, 5) is 10.5. The van der Waals surface area contributed by atoms with Crippen LogP contribution in [-0.2, 0) is 4.79 Å². The van der Waals surface area contributed by atoms with Gasteiger partial charge in [0.05, 0.1) is 0 Å². The van der Waals surface area contributed by atoms with E-state index in [1.807, 2.05) is 5.43 Å². The first-order valence-electron chi connectivity index (χ1n) is 2.78. The van der Waals surface area contributed by atoms with E-state index in [1.165, 1.54) is 6.92 Å². The fraction of sp³-hybridized carbons (Fsp3) is 0.800. The minimum absolute atomic E-state index is 0.277. The minimum Gasteiger partial charge on any atom is -0.368 e. The number of carbonyl (C=O) groups excluding carboxylic acids is 1. The number of aliphatic hydroxyl groups is 1. The van der Waals surface area contributed by atoms with E-state index in [1.54, 1.807) is 6.92 Å². The number of rotatable bonds is 3. The van der Waals surface area contributed by atoms with Crippen LogP contribution in [0.2, 0.25) is 0 Å². The molecule has 0 fully saturated rings. The van der Waals surface area contributed by atoms with Crippen LogP contribution >= 0.6 is 0 Å². The highest BCUT2D eigenvalue weighted by molar-refractivity contribution is 5.83. The molecule has 0 amide bonds. The Morgan fingerprint density at radius 2 is 2.33 bits per heavy atom. The second-order valence-corrected chi connectivity index (χ2v) is 1.91. The Hall–Kier alpha value is -0.450. The van der Waals surface area contributed by atoms with Crippen LogP contribution in [0.5, 0.6) is 0 Å². The van der Waals surface area contributed by atoms with Gasteiger partial charge in [-0.15, -0.1) is 0 Å². The first-order chi connectivity index (χ1) is 4.06. The summed E-state index contributed by atoms with van der Waals surface area (Å²) in [7, 11) is 0. The van der Waals surface area contributed by atoms with Crippen LogP contribution in [0.4, 0.5) is 0 Å². The summed E-state index contributed by atoms with van der Waals surface area (Å²) in [5.74, 6) is 4.53. The largest absolute Gasteiger partial charge is 0.368 e. The van der Waals surface area contributed by atoms with Gasteiger partial charge in [-0.1, -0.05) is 6.92 Å². The monoisotopic (exact) mass is 132 g/mol. The lowest BCUT2D eigenvalue weighted by atomic mass is 10.1. The fourth-order valence-corrected chi connectivity index (χ4v) is 0.453. The summed E-state index contributed by atoms with van der Waals surface area (Å²) < 4.78 is 0. The first-order valence-corrected chi connectivity index (χ1v) is 2.78. The van der Waals surface area contributed by atoms with Gasteiger partial charge < -0.3 is 5.11 Å². The molecule has 9 heavy (non-hydrogen) atoms. The minimum atomic E-state index is -1.53. The zero-order valence-electron chi connectivity index (χ0n) is 5.64. The van der Waals surface area contributed by atoms with Crippen LogP contribution in [0.1, 0.15) is 20.3 Å². The Morgan fingerprint density at radius 1 is 1.89 bits per heavy atom. The first kappa shape index (κ1) is 8.55. The molecule has 54 valence electrons. The van der Waals surface area contributed by atoms with E-state index in [9.17, 15) is 4.79 Å². The number of Topliss-reactive ketones (excluding diaryl/α,β-unsaturated/α-hetero) is 1. The molecule has 0 aromatic carbocycles. The van der Waals surface area contributed by atoms with E-state index in [-0.39, 0.29) is 12.2 Å². The Bertz CT molecular complexity index is 110. The topological polar surface area (TPSA) is 75.3 Å². The number of hydrogen-bond donors (Lipinski definition) is 3. The van der Waals surface area contributed by atoms with E-state index in [4.69, 9.17) is 10.9 Å². The highest BCUT2D eigenvalue weighted by Gasteiger charge is 2.27. The maximum Gasteiger partial charge on any atom is 0.187 e. The number of carbonyl (C=O) groups is 1. The smallest absolute Gasteiger partial charge is 0.187 e. The third kappa shape index (κ3) is 1.74. The van der Waals surface area contributed by atoms with Crippen molar-refractivity contribution in [3.05, 3.63) is 0 Å². The molecule has 0 spiro atoms. The Balaban J connectivity index is 4.09. The summed E-state index contributed by atoms with van der Waals surface area (Å²) in [6.07, 6.45) is 0.277. The highest BCUT2D eigenvalue weighted by Crippen LogP contribution is 2.03. The van der Waals surface area contributed by atoms with Gasteiger partial charge in [0, 0.05) is 0 Å². The van der Waals surface area contributed by atoms with Gasteiger partial charge in [-0.2, -0.15) is 0 Å². The summed E-state index contributed by atoms with van der Waals surface area (Å²) in [5, 5.41) is 9.12. The van der Waals surface area contributed by atoms with Gasteiger partial charge in [-0.3, -0.25) is 10.6 Å². The molecule has 0 radical (unpaired) electrons. The second-order valence-electron chi connectivity index (χ2n) is 1.91. The summed E-state index contributed by atoms with van der Waals surface area (Å²) in [6.45, 7) is 2.95. The average Bonchev–Trinajstić information content (AvgIpc) is 1.86. The van der Waals surface area contributed by atoms with Crippen molar-refractivity contribution in [2.45, 2.75) is 26.0 Å². The molecule has 0 rings (SSSR count). The van der Waals surface area contributed by atoms with E-state index in [0.29, 0.717) is 0 Å². The average molecular weight is 132 g/mol. The van der Waals surface area contributed by atoms with Crippen LogP contribution in [0.25, 0.3) is 0 Å². The predicted octanol–water partition coefficient (Wildman–Crippen LogP) is -0.863. The van der Waals surface area contributed by atoms with Crippen molar-refractivity contribution in [3.63, 3.8) is 0 Å². The molecule has 0 saturated carbocycles. The van der Waals surface area contributed by atoms with E-state index in [2.05, 4.69) is 0 Å². The fourth-order valence-electron chi connectivity index (χ4n) is 0.453. The molecule has 0 bridgehead atoms. The Kier molecular flexibility index (Phi) is 2.76. The van der Waals surface area contributed by atoms with Gasteiger partial charge in [0.25, 0.3) is 0 Å². The van der Waals surface area contributed by atoms with Crippen LogP contribution in [0.3, 0.4) is 0 Å². The predicted molar refractivity (Wildman–Crippen MR) is 33.2 cm³/mol. The van der Waals surface area contributed by atoms with Crippen LogP contribution < -0.4 is 11.3 Å². The SMILES string of the molecule is CCC(O)(NN)C(C)=O. The van der Waals surface area contributed by atoms with Crippen LogP contribution in [0, 0.1) is 0 Å². The number of hydrazine groups is 1. The van der Waals surface area contributed by atoms with E-state index in [0.717, 1.165) is 0 Å². The molecule has 0 aromatic rings. The lowest BCUT2D eigenvalue weighted by Crippen LogP contribution is -2.54. The third-order valence-corrected chi connectivity index (χ3v) is 1.33. The lowest BCUT2D eigenvalue weighted by molar-refractivity contribution is -0.139. The molecule has 4 heteroatoms. The molecule has 0 heterocycles. The summed E-state index contributed by atoms with van der Waals surface area (Å²) in [5.41, 5.74) is 0.506. The maximum absolute atomic E-state index is 10.5. The second kappa shape index (κ2) is 2.91. The molecule has 0 aliphatic carbocycles. The van der Waals surface area contributed by atoms with E-state index >= 15 is 0 Å². The van der Waals surface area contributed by atoms with Gasteiger partial charge in [0.15, 0.2) is 11.5 Å². The van der Waals surface area contributed by atoms with E-state index < -0.39 is 5.72 Å². The van der Waals surface area contributed by atoms with Gasteiger partial charge >= 0.3 is 0 Å². The summed E-state index contributed by atoms with van der Waals surface area (Å²) in [6, 6.07) is 0. The number of nitrogens with two attached hydrogens (primary N) is 1. The summed E-state index contributed by atoms with van der Waals surface area (Å²) >= 11 is 0. The molecule has 0 aliphatic rings. The quantitative estimate of drug-likeness (QED) is 0.265. The van der Waals surface area contributed by atoms with Crippen LogP contribution in [-0.4, -0.2) is 16.6 Å². The number of nitrogens with one attached hydrogen (secondary N) is 1. The van der Waals surface area contributed by atoms with Crippen molar-refractivity contribution in [3.8, 4) is 0 Å². The molecule has 0 saturated heterocycles. The van der Waals surface area contributed by atoms with Crippen molar-refractivity contribution in [2.24, 2.45) is 5.84 Å². The Morgan fingerprint density at radius 3 is 2.33 bits per heavy atom. The van der Waals surface area contributed by atoms with Crippen molar-refractivity contribution >= 4 is 5.78 Å². The molecule has 4 nitrogen and oxygen atoms in total. The Labute approximate surface area is 54.0 Å². The standard InChI is InChI=1S/C5H12N2O2/c1-3-5(9,7-6)4(2)8/h7,9H,3,6H2,1-2H3. The third-order valence-electron chi connectivity index (χ3n) is 1.33. The van der Waals surface area contributed by atoms with Crippen LogP contribution in [0.15, 0.2) is 0 Å². The molecule has 0 aromatic heterocycles. The lowest BCUT2D eigenvalue weighted by Gasteiger charge is -2.21. The van der Waals surface area contributed by atoms with Gasteiger partial charge in [0.2, 0.25) is 0 Å². The molecular formula is C5H12N2O2.